The lowest BCUT2D eigenvalue weighted by molar-refractivity contribution is 0.0891. The van der Waals surface area contributed by atoms with Gasteiger partial charge < -0.3 is 10.6 Å². The van der Waals surface area contributed by atoms with Crippen molar-refractivity contribution in [3.05, 3.63) is 23.4 Å². The molecule has 4 heteroatoms. The minimum Gasteiger partial charge on any atom is -0.373 e. The molecule has 110 valence electrons. The Morgan fingerprint density at radius 1 is 1.30 bits per heavy atom. The summed E-state index contributed by atoms with van der Waals surface area (Å²) in [5.74, 6) is 1.97. The topological polar surface area (TPSA) is 54.0 Å². The molecule has 1 aromatic heterocycles. The Kier molecular flexibility index (Phi) is 4.63. The number of nitrogens with zero attached hydrogens (tertiary/aromatic N) is 1. The van der Waals surface area contributed by atoms with Gasteiger partial charge in [-0.25, -0.2) is 4.98 Å². The normalized spacial score (nSPS) is 26.1. The predicted octanol–water partition coefficient (Wildman–Crippen LogP) is 2.99. The molecule has 0 spiro atoms. The van der Waals surface area contributed by atoms with E-state index in [-0.39, 0.29) is 11.9 Å². The van der Waals surface area contributed by atoms with Gasteiger partial charge in [0.1, 0.15) is 5.82 Å². The molecule has 0 saturated heterocycles. The molecule has 1 aromatic rings. The van der Waals surface area contributed by atoms with Gasteiger partial charge in [0, 0.05) is 24.3 Å². The Morgan fingerprint density at radius 3 is 2.75 bits per heavy atom. The standard InChI is InChI=1S/C16H25N3O/c1-10-6-5-7-14(12(10)3)19-16(20)13-8-11(2)18-15(9-13)17-4/h8-10,12,14H,5-7H2,1-4H3,(H,17,18)(H,19,20). The van der Waals surface area contributed by atoms with Crippen molar-refractivity contribution in [1.29, 1.82) is 0 Å². The fourth-order valence-corrected chi connectivity index (χ4v) is 2.97. The van der Waals surface area contributed by atoms with Crippen molar-refractivity contribution in [2.24, 2.45) is 11.8 Å². The molecular weight excluding hydrogens is 250 g/mol. The molecule has 4 nitrogen and oxygen atoms in total. The minimum atomic E-state index is 0.0120. The summed E-state index contributed by atoms with van der Waals surface area (Å²) in [6, 6.07) is 3.93. The van der Waals surface area contributed by atoms with Gasteiger partial charge in [-0.3, -0.25) is 4.79 Å². The zero-order valence-corrected chi connectivity index (χ0v) is 12.9. The number of pyridine rings is 1. The molecule has 0 aliphatic heterocycles. The van der Waals surface area contributed by atoms with E-state index in [0.29, 0.717) is 17.4 Å². The summed E-state index contributed by atoms with van der Waals surface area (Å²) in [4.78, 5) is 16.7. The predicted molar refractivity (Wildman–Crippen MR) is 82.0 cm³/mol. The van der Waals surface area contributed by atoms with Gasteiger partial charge in [0.2, 0.25) is 0 Å². The van der Waals surface area contributed by atoms with E-state index in [2.05, 4.69) is 29.5 Å². The van der Waals surface area contributed by atoms with E-state index in [9.17, 15) is 4.79 Å². The van der Waals surface area contributed by atoms with Gasteiger partial charge >= 0.3 is 0 Å². The van der Waals surface area contributed by atoms with E-state index in [1.807, 2.05) is 20.0 Å². The van der Waals surface area contributed by atoms with Crippen LogP contribution in [-0.4, -0.2) is 24.0 Å². The molecule has 1 heterocycles. The van der Waals surface area contributed by atoms with Crippen molar-refractivity contribution in [2.75, 3.05) is 12.4 Å². The van der Waals surface area contributed by atoms with E-state index >= 15 is 0 Å². The van der Waals surface area contributed by atoms with Crippen LogP contribution >= 0.6 is 0 Å². The summed E-state index contributed by atoms with van der Waals surface area (Å²) in [7, 11) is 1.81. The van der Waals surface area contributed by atoms with Crippen molar-refractivity contribution < 1.29 is 4.79 Å². The summed E-state index contributed by atoms with van der Waals surface area (Å²) in [5, 5.41) is 6.19. The van der Waals surface area contributed by atoms with Gasteiger partial charge in [0.15, 0.2) is 0 Å². The van der Waals surface area contributed by atoms with Gasteiger partial charge in [0.05, 0.1) is 0 Å². The van der Waals surface area contributed by atoms with Crippen LogP contribution in [0.4, 0.5) is 5.82 Å². The van der Waals surface area contributed by atoms with Crippen LogP contribution < -0.4 is 10.6 Å². The lowest BCUT2D eigenvalue weighted by Crippen LogP contribution is -2.43. The average molecular weight is 275 g/mol. The monoisotopic (exact) mass is 275 g/mol. The Morgan fingerprint density at radius 2 is 2.05 bits per heavy atom. The number of anilines is 1. The van der Waals surface area contributed by atoms with Gasteiger partial charge in [-0.1, -0.05) is 26.7 Å². The van der Waals surface area contributed by atoms with Crippen LogP contribution in [0.25, 0.3) is 0 Å². The number of carbonyl (C=O) groups is 1. The quantitative estimate of drug-likeness (QED) is 0.891. The fourth-order valence-electron chi connectivity index (χ4n) is 2.97. The summed E-state index contributed by atoms with van der Waals surface area (Å²) in [6.45, 7) is 6.42. The van der Waals surface area contributed by atoms with E-state index in [4.69, 9.17) is 0 Å². The number of rotatable bonds is 3. The Labute approximate surface area is 121 Å². The summed E-state index contributed by atoms with van der Waals surface area (Å²) >= 11 is 0. The highest BCUT2D eigenvalue weighted by Gasteiger charge is 2.28. The highest BCUT2D eigenvalue weighted by molar-refractivity contribution is 5.95. The van der Waals surface area contributed by atoms with Crippen LogP contribution in [0.2, 0.25) is 0 Å². The average Bonchev–Trinajstić information content (AvgIpc) is 2.43. The van der Waals surface area contributed by atoms with Crippen molar-refractivity contribution in [2.45, 2.75) is 46.1 Å². The summed E-state index contributed by atoms with van der Waals surface area (Å²) < 4.78 is 0. The first kappa shape index (κ1) is 14.8. The first-order chi connectivity index (χ1) is 9.51. The van der Waals surface area contributed by atoms with Crippen LogP contribution in [-0.2, 0) is 0 Å². The molecular formula is C16H25N3O. The molecule has 2 rings (SSSR count). The first-order valence-corrected chi connectivity index (χ1v) is 7.48. The number of aromatic nitrogens is 1. The van der Waals surface area contributed by atoms with Crippen LogP contribution in [0.15, 0.2) is 12.1 Å². The van der Waals surface area contributed by atoms with Crippen molar-refractivity contribution in [3.8, 4) is 0 Å². The Balaban J connectivity index is 2.09. The zero-order valence-electron chi connectivity index (χ0n) is 12.9. The molecule has 1 aliphatic carbocycles. The molecule has 0 aromatic carbocycles. The van der Waals surface area contributed by atoms with E-state index < -0.39 is 0 Å². The molecule has 1 saturated carbocycles. The second kappa shape index (κ2) is 6.25. The first-order valence-electron chi connectivity index (χ1n) is 7.48. The van der Waals surface area contributed by atoms with Gasteiger partial charge in [-0.2, -0.15) is 0 Å². The molecule has 0 radical (unpaired) electrons. The van der Waals surface area contributed by atoms with Crippen molar-refractivity contribution in [3.63, 3.8) is 0 Å². The number of carbonyl (C=O) groups excluding carboxylic acids is 1. The molecule has 1 aliphatic rings. The van der Waals surface area contributed by atoms with Crippen LogP contribution in [0.3, 0.4) is 0 Å². The third kappa shape index (κ3) is 3.30. The van der Waals surface area contributed by atoms with E-state index in [1.54, 1.807) is 6.07 Å². The highest BCUT2D eigenvalue weighted by atomic mass is 16.1. The molecule has 20 heavy (non-hydrogen) atoms. The third-order valence-electron chi connectivity index (χ3n) is 4.50. The highest BCUT2D eigenvalue weighted by Crippen LogP contribution is 2.29. The smallest absolute Gasteiger partial charge is 0.251 e. The molecule has 3 atom stereocenters. The van der Waals surface area contributed by atoms with Gasteiger partial charge in [-0.15, -0.1) is 0 Å². The van der Waals surface area contributed by atoms with E-state index in [1.165, 1.54) is 12.8 Å². The molecule has 0 bridgehead atoms. The van der Waals surface area contributed by atoms with Crippen molar-refractivity contribution in [1.82, 2.24) is 10.3 Å². The Hall–Kier alpha value is -1.58. The molecule has 3 unspecified atom stereocenters. The maximum absolute atomic E-state index is 12.4. The number of amides is 1. The van der Waals surface area contributed by atoms with Crippen LogP contribution in [0.1, 0.15) is 49.2 Å². The zero-order chi connectivity index (χ0) is 14.7. The molecule has 1 amide bonds. The van der Waals surface area contributed by atoms with Crippen molar-refractivity contribution >= 4 is 11.7 Å². The van der Waals surface area contributed by atoms with Crippen LogP contribution in [0.5, 0.6) is 0 Å². The summed E-state index contributed by atoms with van der Waals surface area (Å²) in [5.41, 5.74) is 1.54. The van der Waals surface area contributed by atoms with Gasteiger partial charge in [0.25, 0.3) is 5.91 Å². The second-order valence-electron chi connectivity index (χ2n) is 5.98. The third-order valence-corrected chi connectivity index (χ3v) is 4.50. The minimum absolute atomic E-state index is 0.0120. The maximum Gasteiger partial charge on any atom is 0.251 e. The number of hydrogen-bond acceptors (Lipinski definition) is 3. The summed E-state index contributed by atoms with van der Waals surface area (Å²) in [6.07, 6.45) is 3.56. The molecule has 2 N–H and O–H groups in total. The SMILES string of the molecule is CNc1cc(C(=O)NC2CCCC(C)C2C)cc(C)n1. The fraction of sp³-hybridized carbons (Fsp3) is 0.625. The number of nitrogens with one attached hydrogen (secondary N) is 2. The van der Waals surface area contributed by atoms with Crippen LogP contribution in [0, 0.1) is 18.8 Å². The van der Waals surface area contributed by atoms with E-state index in [0.717, 1.165) is 17.9 Å². The lowest BCUT2D eigenvalue weighted by Gasteiger charge is -2.34. The maximum atomic E-state index is 12.4. The number of aryl methyl sites for hydroxylation is 1. The number of hydrogen-bond donors (Lipinski definition) is 2. The Bertz CT molecular complexity index is 487. The van der Waals surface area contributed by atoms with Gasteiger partial charge in [-0.05, 0) is 37.3 Å². The largest absolute Gasteiger partial charge is 0.373 e. The second-order valence-corrected chi connectivity index (χ2v) is 5.98. The molecule has 1 fully saturated rings. The lowest BCUT2D eigenvalue weighted by atomic mass is 9.78.